The number of piperidine rings is 1. The van der Waals surface area contributed by atoms with Crippen LogP contribution < -0.4 is 0 Å². The molecule has 16 heavy (non-hydrogen) atoms. The number of aryl methyl sites for hydroxylation is 1. The fourth-order valence-corrected chi connectivity index (χ4v) is 2.88. The minimum Gasteiger partial charge on any atom is -0.296 e. The highest BCUT2D eigenvalue weighted by Gasteiger charge is 2.19. The lowest BCUT2D eigenvalue weighted by Gasteiger charge is -2.29. The first-order valence-electron chi connectivity index (χ1n) is 5.97. The van der Waals surface area contributed by atoms with Gasteiger partial charge in [-0.05, 0) is 50.9 Å². The molecule has 0 atom stereocenters. The summed E-state index contributed by atoms with van der Waals surface area (Å²) in [6, 6.07) is 3.98. The molecule has 0 aromatic carbocycles. The van der Waals surface area contributed by atoms with E-state index in [1.54, 1.807) is 11.3 Å². The zero-order valence-electron chi connectivity index (χ0n) is 10.0. The van der Waals surface area contributed by atoms with E-state index in [2.05, 4.69) is 11.8 Å². The Morgan fingerprint density at radius 1 is 1.44 bits per heavy atom. The van der Waals surface area contributed by atoms with Crippen LogP contribution in [0.15, 0.2) is 12.1 Å². The normalized spacial score (nSPS) is 18.9. The summed E-state index contributed by atoms with van der Waals surface area (Å²) in [4.78, 5) is 16.4. The Hall–Kier alpha value is -0.670. The zero-order valence-corrected chi connectivity index (χ0v) is 10.8. The second-order valence-electron chi connectivity index (χ2n) is 4.79. The molecule has 1 aromatic rings. The lowest BCUT2D eigenvalue weighted by atomic mass is 9.99. The van der Waals surface area contributed by atoms with Crippen LogP contribution in [0.1, 0.15) is 34.3 Å². The monoisotopic (exact) mass is 237 g/mol. The van der Waals surface area contributed by atoms with Gasteiger partial charge in [-0.1, -0.05) is 6.92 Å². The molecule has 0 N–H and O–H groups in total. The smallest absolute Gasteiger partial charge is 0.186 e. The summed E-state index contributed by atoms with van der Waals surface area (Å²) < 4.78 is 0. The predicted molar refractivity (Wildman–Crippen MR) is 68.2 cm³/mol. The highest BCUT2D eigenvalue weighted by atomic mass is 32.1. The summed E-state index contributed by atoms with van der Waals surface area (Å²) in [5.41, 5.74) is 0. The van der Waals surface area contributed by atoms with Gasteiger partial charge < -0.3 is 0 Å². The van der Waals surface area contributed by atoms with Crippen molar-refractivity contribution < 1.29 is 4.79 Å². The quantitative estimate of drug-likeness (QED) is 0.753. The molecule has 0 unspecified atom stereocenters. The summed E-state index contributed by atoms with van der Waals surface area (Å²) in [5.74, 6) is 1.11. The molecule has 0 radical (unpaired) electrons. The van der Waals surface area contributed by atoms with Gasteiger partial charge in [0.1, 0.15) is 0 Å². The van der Waals surface area contributed by atoms with Gasteiger partial charge in [-0.15, -0.1) is 11.3 Å². The molecule has 1 aromatic heterocycles. The van der Waals surface area contributed by atoms with Gasteiger partial charge in [-0.25, -0.2) is 0 Å². The maximum absolute atomic E-state index is 12.0. The van der Waals surface area contributed by atoms with Crippen LogP contribution in [0.5, 0.6) is 0 Å². The molecule has 1 aliphatic heterocycles. The molecule has 0 bridgehead atoms. The van der Waals surface area contributed by atoms with Gasteiger partial charge in [0.15, 0.2) is 5.78 Å². The maximum atomic E-state index is 12.0. The number of hydrogen-bond donors (Lipinski definition) is 0. The van der Waals surface area contributed by atoms with E-state index >= 15 is 0 Å². The molecule has 2 rings (SSSR count). The number of likely N-dealkylation sites (tertiary alicyclic amines) is 1. The van der Waals surface area contributed by atoms with Gasteiger partial charge in [-0.2, -0.15) is 0 Å². The molecule has 1 fully saturated rings. The van der Waals surface area contributed by atoms with Crippen LogP contribution >= 0.6 is 11.3 Å². The van der Waals surface area contributed by atoms with Crippen molar-refractivity contribution >= 4 is 17.1 Å². The van der Waals surface area contributed by atoms with E-state index in [1.165, 1.54) is 17.7 Å². The number of Topliss-reactive ketones (excluding diaryl/α,β-unsaturated/α-hetero) is 1. The van der Waals surface area contributed by atoms with Gasteiger partial charge in [0, 0.05) is 4.88 Å². The molecule has 2 nitrogen and oxygen atoms in total. The Morgan fingerprint density at radius 3 is 2.69 bits per heavy atom. The van der Waals surface area contributed by atoms with E-state index in [-0.39, 0.29) is 5.78 Å². The predicted octanol–water partition coefficient (Wildman–Crippen LogP) is 2.97. The highest BCUT2D eigenvalue weighted by Crippen LogP contribution is 2.19. The van der Waals surface area contributed by atoms with Crippen LogP contribution in [-0.4, -0.2) is 30.3 Å². The summed E-state index contributed by atoms with van der Waals surface area (Å²) in [5, 5.41) is 0. The van der Waals surface area contributed by atoms with E-state index in [9.17, 15) is 4.79 Å². The molecule has 1 aliphatic rings. The van der Waals surface area contributed by atoms with Gasteiger partial charge in [0.2, 0.25) is 0 Å². The molecule has 88 valence electrons. The molecular formula is C13H19NOS. The van der Waals surface area contributed by atoms with Crippen molar-refractivity contribution in [2.24, 2.45) is 5.92 Å². The topological polar surface area (TPSA) is 20.3 Å². The number of ketones is 1. The summed E-state index contributed by atoms with van der Waals surface area (Å²) in [7, 11) is 0. The molecule has 3 heteroatoms. The van der Waals surface area contributed by atoms with Crippen molar-refractivity contribution in [1.82, 2.24) is 4.90 Å². The average Bonchev–Trinajstić information content (AvgIpc) is 2.68. The molecule has 0 aliphatic carbocycles. The van der Waals surface area contributed by atoms with Crippen molar-refractivity contribution in [2.75, 3.05) is 19.6 Å². The number of carbonyl (C=O) groups is 1. The largest absolute Gasteiger partial charge is 0.296 e. The first-order chi connectivity index (χ1) is 7.65. The van der Waals surface area contributed by atoms with Gasteiger partial charge in [0.05, 0.1) is 11.4 Å². The number of carbonyl (C=O) groups excluding carboxylic acids is 1. The van der Waals surface area contributed by atoms with Crippen molar-refractivity contribution in [3.8, 4) is 0 Å². The van der Waals surface area contributed by atoms with E-state index in [0.29, 0.717) is 6.54 Å². The second-order valence-corrected chi connectivity index (χ2v) is 6.08. The van der Waals surface area contributed by atoms with Crippen molar-refractivity contribution in [1.29, 1.82) is 0 Å². The Kier molecular flexibility index (Phi) is 3.77. The number of thiophene rings is 1. The van der Waals surface area contributed by atoms with Crippen LogP contribution in [0, 0.1) is 12.8 Å². The summed E-state index contributed by atoms with van der Waals surface area (Å²) in [6.07, 6.45) is 2.47. The summed E-state index contributed by atoms with van der Waals surface area (Å²) in [6.45, 7) is 7.10. The number of nitrogens with zero attached hydrogens (tertiary/aromatic N) is 1. The lowest BCUT2D eigenvalue weighted by Crippen LogP contribution is -2.36. The second kappa shape index (κ2) is 5.11. The fourth-order valence-electron chi connectivity index (χ4n) is 2.09. The first-order valence-corrected chi connectivity index (χ1v) is 6.79. The molecule has 0 spiro atoms. The van der Waals surface area contributed by atoms with Gasteiger partial charge >= 0.3 is 0 Å². The molecule has 2 heterocycles. The van der Waals surface area contributed by atoms with Crippen molar-refractivity contribution in [3.05, 3.63) is 21.9 Å². The third-order valence-corrected chi connectivity index (χ3v) is 4.30. The van der Waals surface area contributed by atoms with E-state index in [4.69, 9.17) is 0 Å². The third-order valence-electron chi connectivity index (χ3n) is 3.26. The van der Waals surface area contributed by atoms with E-state index in [1.807, 2.05) is 19.1 Å². The Morgan fingerprint density at radius 2 is 2.12 bits per heavy atom. The minimum atomic E-state index is 0.285. The van der Waals surface area contributed by atoms with Crippen LogP contribution in [0.25, 0.3) is 0 Å². The van der Waals surface area contributed by atoms with E-state index in [0.717, 1.165) is 23.9 Å². The van der Waals surface area contributed by atoms with Crippen molar-refractivity contribution in [3.63, 3.8) is 0 Å². The number of hydrogen-bond acceptors (Lipinski definition) is 3. The number of rotatable bonds is 3. The zero-order chi connectivity index (χ0) is 11.5. The summed E-state index contributed by atoms with van der Waals surface area (Å²) >= 11 is 1.61. The Labute approximate surface area is 101 Å². The van der Waals surface area contributed by atoms with Gasteiger partial charge in [-0.3, -0.25) is 9.69 Å². The Bertz CT molecular complexity index is 364. The van der Waals surface area contributed by atoms with Crippen molar-refractivity contribution in [2.45, 2.75) is 26.7 Å². The molecular weight excluding hydrogens is 218 g/mol. The first kappa shape index (κ1) is 11.8. The maximum Gasteiger partial charge on any atom is 0.186 e. The van der Waals surface area contributed by atoms with E-state index < -0.39 is 0 Å². The van der Waals surface area contributed by atoms with Crippen LogP contribution in [-0.2, 0) is 0 Å². The average molecular weight is 237 g/mol. The molecule has 1 saturated heterocycles. The molecule has 0 saturated carbocycles. The lowest BCUT2D eigenvalue weighted by molar-refractivity contribution is 0.0904. The van der Waals surface area contributed by atoms with Crippen LogP contribution in [0.2, 0.25) is 0 Å². The molecule has 0 amide bonds. The van der Waals surface area contributed by atoms with Crippen LogP contribution in [0.4, 0.5) is 0 Å². The SMILES string of the molecule is Cc1ccc(C(=O)CN2CCC(C)CC2)s1. The minimum absolute atomic E-state index is 0.285. The Balaban J connectivity index is 1.88. The highest BCUT2D eigenvalue weighted by molar-refractivity contribution is 7.14. The van der Waals surface area contributed by atoms with Crippen LogP contribution in [0.3, 0.4) is 0 Å². The standard InChI is InChI=1S/C13H19NOS/c1-10-5-7-14(8-6-10)9-12(15)13-4-3-11(2)16-13/h3-4,10H,5-9H2,1-2H3. The van der Waals surface area contributed by atoms with Gasteiger partial charge in [0.25, 0.3) is 0 Å². The third kappa shape index (κ3) is 2.92. The fraction of sp³-hybridized carbons (Fsp3) is 0.615.